The molecule has 11 heteroatoms. The molecule has 7 nitrogen and oxygen atoms in total. The number of sulfonamides is 1. The Bertz CT molecular complexity index is 1720. The van der Waals surface area contributed by atoms with Crippen molar-refractivity contribution in [3.63, 3.8) is 0 Å². The molecule has 4 rings (SSSR count). The number of anilines is 1. The third-order valence-electron chi connectivity index (χ3n) is 7.36. The Balaban J connectivity index is 1.84. The van der Waals surface area contributed by atoms with Crippen LogP contribution in [0.3, 0.4) is 0 Å². The summed E-state index contributed by atoms with van der Waals surface area (Å²) in [6, 6.07) is 27.3. The van der Waals surface area contributed by atoms with Gasteiger partial charge in [0.05, 0.1) is 15.6 Å². The highest BCUT2D eigenvalue weighted by Gasteiger charge is 2.35. The Morgan fingerprint density at radius 1 is 0.822 bits per heavy atom. The summed E-state index contributed by atoms with van der Waals surface area (Å²) in [5, 5.41) is 3.73. The highest BCUT2D eigenvalue weighted by atomic mass is 35.5. The van der Waals surface area contributed by atoms with Crippen LogP contribution < -0.4 is 9.62 Å². The lowest BCUT2D eigenvalue weighted by Gasteiger charge is -2.34. The molecule has 2 amide bonds. The number of nitrogens with one attached hydrogen (secondary N) is 1. The molecular formula is C34H34Cl3N3O4S. The molecule has 0 spiro atoms. The second kappa shape index (κ2) is 15.6. The van der Waals surface area contributed by atoms with Crippen LogP contribution in [0.15, 0.2) is 108 Å². The fourth-order valence-corrected chi connectivity index (χ4v) is 6.79. The van der Waals surface area contributed by atoms with Gasteiger partial charge in [-0.1, -0.05) is 108 Å². The largest absolute Gasteiger partial charge is 0.352 e. The Morgan fingerprint density at radius 3 is 2.09 bits per heavy atom. The standard InChI is InChI=1S/C34H34Cl3N3O4S/c1-3-24(2)38-34(42)32(20-25-12-6-4-7-13-25)39(22-26-14-10-11-17-29(26)36)33(41)23-40(31-21-27(35)18-19-30(31)37)45(43,44)28-15-8-5-9-16-28/h4-19,21,24,32H,3,20,22-23H2,1-2H3,(H,38,42)/t24-,32-/m1/s1. The van der Waals surface area contributed by atoms with E-state index in [4.69, 9.17) is 34.8 Å². The lowest BCUT2D eigenvalue weighted by atomic mass is 10.0. The maximum absolute atomic E-state index is 14.5. The van der Waals surface area contributed by atoms with E-state index in [2.05, 4.69) is 5.32 Å². The first-order chi connectivity index (χ1) is 21.5. The van der Waals surface area contributed by atoms with Gasteiger partial charge in [0, 0.05) is 29.1 Å². The zero-order chi connectivity index (χ0) is 32.6. The van der Waals surface area contributed by atoms with Gasteiger partial charge in [0.1, 0.15) is 12.6 Å². The summed E-state index contributed by atoms with van der Waals surface area (Å²) in [5.74, 6) is -1.00. The molecule has 0 bridgehead atoms. The van der Waals surface area contributed by atoms with Crippen molar-refractivity contribution in [2.75, 3.05) is 10.8 Å². The molecule has 45 heavy (non-hydrogen) atoms. The highest BCUT2D eigenvalue weighted by Crippen LogP contribution is 2.33. The van der Waals surface area contributed by atoms with Gasteiger partial charge in [-0.2, -0.15) is 0 Å². The molecule has 0 saturated heterocycles. The third kappa shape index (κ3) is 8.79. The summed E-state index contributed by atoms with van der Waals surface area (Å²) in [6.45, 7) is 3.12. The summed E-state index contributed by atoms with van der Waals surface area (Å²) in [6.07, 6.45) is 0.862. The first-order valence-electron chi connectivity index (χ1n) is 14.4. The molecule has 0 unspecified atom stereocenters. The van der Waals surface area contributed by atoms with E-state index in [0.29, 0.717) is 17.0 Å². The molecule has 0 heterocycles. The first-order valence-corrected chi connectivity index (χ1v) is 17.0. The minimum absolute atomic E-state index is 0.0303. The average Bonchev–Trinajstić information content (AvgIpc) is 3.04. The predicted molar refractivity (Wildman–Crippen MR) is 181 cm³/mol. The summed E-state index contributed by atoms with van der Waals surface area (Å²) in [5.41, 5.74) is 1.45. The number of halogens is 3. The van der Waals surface area contributed by atoms with E-state index >= 15 is 0 Å². The van der Waals surface area contributed by atoms with Crippen LogP contribution in [0, 0.1) is 0 Å². The van der Waals surface area contributed by atoms with Gasteiger partial charge in [0.2, 0.25) is 11.8 Å². The van der Waals surface area contributed by atoms with E-state index in [1.807, 2.05) is 44.2 Å². The van der Waals surface area contributed by atoms with Crippen LogP contribution in [0.2, 0.25) is 15.1 Å². The van der Waals surface area contributed by atoms with Crippen LogP contribution in [0.1, 0.15) is 31.4 Å². The molecule has 0 aliphatic rings. The molecule has 4 aromatic carbocycles. The number of carbonyl (C=O) groups excluding carboxylic acids is 2. The van der Waals surface area contributed by atoms with Crippen molar-refractivity contribution in [3.05, 3.63) is 129 Å². The number of amides is 2. The first kappa shape index (κ1) is 34.3. The zero-order valence-corrected chi connectivity index (χ0v) is 28.0. The molecule has 0 aliphatic carbocycles. The smallest absolute Gasteiger partial charge is 0.264 e. The van der Waals surface area contributed by atoms with Gasteiger partial charge >= 0.3 is 0 Å². The number of rotatable bonds is 13. The topological polar surface area (TPSA) is 86.8 Å². The second-order valence-electron chi connectivity index (χ2n) is 10.6. The number of hydrogen-bond donors (Lipinski definition) is 1. The molecule has 0 aliphatic heterocycles. The van der Waals surface area contributed by atoms with Crippen LogP contribution >= 0.6 is 34.8 Å². The van der Waals surface area contributed by atoms with Crippen LogP contribution in [0.5, 0.6) is 0 Å². The highest BCUT2D eigenvalue weighted by molar-refractivity contribution is 7.92. The van der Waals surface area contributed by atoms with Gasteiger partial charge in [-0.05, 0) is 60.9 Å². The van der Waals surface area contributed by atoms with Gasteiger partial charge in [0.15, 0.2) is 0 Å². The molecule has 1 N–H and O–H groups in total. The molecule has 4 aromatic rings. The van der Waals surface area contributed by atoms with Gasteiger partial charge in [-0.3, -0.25) is 13.9 Å². The lowest BCUT2D eigenvalue weighted by molar-refractivity contribution is -0.140. The monoisotopic (exact) mass is 685 g/mol. The van der Waals surface area contributed by atoms with E-state index in [-0.39, 0.29) is 45.5 Å². The second-order valence-corrected chi connectivity index (χ2v) is 13.7. The van der Waals surface area contributed by atoms with Crippen LogP contribution in [0.25, 0.3) is 0 Å². The van der Waals surface area contributed by atoms with E-state index in [1.165, 1.54) is 35.2 Å². The molecule has 2 atom stereocenters. The van der Waals surface area contributed by atoms with Gasteiger partial charge in [-0.25, -0.2) is 8.42 Å². The SMILES string of the molecule is CC[C@@H](C)NC(=O)[C@@H](Cc1ccccc1)N(Cc1ccccc1Cl)C(=O)CN(c1cc(Cl)ccc1Cl)S(=O)(=O)c1ccccc1. The predicted octanol–water partition coefficient (Wildman–Crippen LogP) is 7.40. The Labute approximate surface area is 279 Å². The number of carbonyl (C=O) groups is 2. The molecular weight excluding hydrogens is 653 g/mol. The summed E-state index contributed by atoms with van der Waals surface area (Å²) < 4.78 is 29.1. The minimum atomic E-state index is -4.31. The third-order valence-corrected chi connectivity index (χ3v) is 10.1. The fourth-order valence-electron chi connectivity index (χ4n) is 4.72. The van der Waals surface area contributed by atoms with Crippen molar-refractivity contribution < 1.29 is 18.0 Å². The van der Waals surface area contributed by atoms with Crippen molar-refractivity contribution in [2.24, 2.45) is 0 Å². The van der Waals surface area contributed by atoms with Gasteiger partial charge in [-0.15, -0.1) is 0 Å². The van der Waals surface area contributed by atoms with Gasteiger partial charge < -0.3 is 10.2 Å². The Kier molecular flexibility index (Phi) is 11.9. The van der Waals surface area contributed by atoms with Gasteiger partial charge in [0.25, 0.3) is 10.0 Å². The van der Waals surface area contributed by atoms with E-state index in [0.717, 1.165) is 9.87 Å². The fraction of sp³-hybridized carbons (Fsp3) is 0.235. The van der Waals surface area contributed by atoms with Crippen molar-refractivity contribution in [1.82, 2.24) is 10.2 Å². The van der Waals surface area contributed by atoms with Crippen molar-refractivity contribution in [3.8, 4) is 0 Å². The number of nitrogens with zero attached hydrogens (tertiary/aromatic N) is 2. The van der Waals surface area contributed by atoms with Crippen molar-refractivity contribution in [1.29, 1.82) is 0 Å². The van der Waals surface area contributed by atoms with E-state index in [9.17, 15) is 18.0 Å². The summed E-state index contributed by atoms with van der Waals surface area (Å²) in [7, 11) is -4.31. The number of benzene rings is 4. The van der Waals surface area contributed by atoms with Crippen molar-refractivity contribution in [2.45, 2.75) is 50.2 Å². The zero-order valence-electron chi connectivity index (χ0n) is 24.9. The molecule has 0 saturated carbocycles. The Hall–Kier alpha value is -3.56. The Morgan fingerprint density at radius 2 is 1.44 bits per heavy atom. The van der Waals surface area contributed by atoms with Crippen LogP contribution in [-0.2, 0) is 32.6 Å². The minimum Gasteiger partial charge on any atom is -0.352 e. The molecule has 236 valence electrons. The summed E-state index contributed by atoms with van der Waals surface area (Å²) in [4.78, 5) is 29.8. The maximum Gasteiger partial charge on any atom is 0.264 e. The maximum atomic E-state index is 14.5. The van der Waals surface area contributed by atoms with Crippen LogP contribution in [-0.4, -0.2) is 43.8 Å². The average molecular weight is 687 g/mol. The summed E-state index contributed by atoms with van der Waals surface area (Å²) >= 11 is 19.3. The quantitative estimate of drug-likeness (QED) is 0.159. The van der Waals surface area contributed by atoms with E-state index in [1.54, 1.807) is 42.5 Å². The van der Waals surface area contributed by atoms with Crippen LogP contribution in [0.4, 0.5) is 5.69 Å². The number of hydrogen-bond acceptors (Lipinski definition) is 4. The molecule has 0 radical (unpaired) electrons. The molecule has 0 aromatic heterocycles. The van der Waals surface area contributed by atoms with Crippen molar-refractivity contribution >= 4 is 62.3 Å². The molecule has 0 fully saturated rings. The van der Waals surface area contributed by atoms with E-state index < -0.39 is 28.5 Å². The normalized spacial score (nSPS) is 12.6. The lowest BCUT2D eigenvalue weighted by Crippen LogP contribution is -2.54.